The molecule has 3 aromatic heterocycles. The van der Waals surface area contributed by atoms with Gasteiger partial charge in [-0.05, 0) is 30.7 Å². The lowest BCUT2D eigenvalue weighted by molar-refractivity contribution is 0.102. The number of amides is 1. The summed E-state index contributed by atoms with van der Waals surface area (Å²) in [6, 6.07) is 8.85. The van der Waals surface area contributed by atoms with Gasteiger partial charge in [-0.3, -0.25) is 14.6 Å². The Bertz CT molecular complexity index is 1290. The number of nitrogens with zero attached hydrogens (tertiary/aromatic N) is 3. The van der Waals surface area contributed by atoms with Crippen LogP contribution < -0.4 is 10.9 Å². The molecule has 0 fully saturated rings. The molecule has 158 valence electrons. The molecule has 1 amide bonds. The van der Waals surface area contributed by atoms with E-state index in [9.17, 15) is 18.4 Å². The van der Waals surface area contributed by atoms with Crippen molar-refractivity contribution in [2.45, 2.75) is 19.8 Å². The predicted molar refractivity (Wildman–Crippen MR) is 108 cm³/mol. The number of nitrogens with one attached hydrogen (secondary N) is 2. The maximum atomic E-state index is 14.0. The van der Waals surface area contributed by atoms with E-state index in [0.717, 1.165) is 18.6 Å². The number of aromatic amines is 1. The van der Waals surface area contributed by atoms with E-state index in [0.29, 0.717) is 29.6 Å². The number of halogens is 2. The number of furan rings is 1. The first kappa shape index (κ1) is 20.2. The molecule has 0 atom stereocenters. The molecule has 1 aromatic carbocycles. The highest BCUT2D eigenvalue weighted by atomic mass is 19.1. The molecule has 0 aliphatic heterocycles. The molecule has 0 bridgehead atoms. The highest BCUT2D eigenvalue weighted by molar-refractivity contribution is 6.04. The van der Waals surface area contributed by atoms with Gasteiger partial charge in [0.05, 0.1) is 11.8 Å². The highest BCUT2D eigenvalue weighted by Crippen LogP contribution is 2.25. The van der Waals surface area contributed by atoms with Crippen molar-refractivity contribution < 1.29 is 18.0 Å². The zero-order valence-electron chi connectivity index (χ0n) is 16.4. The normalized spacial score (nSPS) is 10.9. The second kappa shape index (κ2) is 8.34. The van der Waals surface area contributed by atoms with Crippen molar-refractivity contribution in [3.8, 4) is 17.4 Å². The largest absolute Gasteiger partial charge is 0.463 e. The van der Waals surface area contributed by atoms with Crippen molar-refractivity contribution in [1.82, 2.24) is 19.7 Å². The number of benzene rings is 1. The van der Waals surface area contributed by atoms with Crippen LogP contribution in [-0.2, 0) is 6.42 Å². The molecule has 2 N–H and O–H groups in total. The number of aromatic nitrogens is 4. The maximum Gasteiger partial charge on any atom is 0.259 e. The van der Waals surface area contributed by atoms with Gasteiger partial charge in [-0.2, -0.15) is 9.78 Å². The summed E-state index contributed by atoms with van der Waals surface area (Å²) in [5, 5.41) is 6.90. The number of carbonyl (C=O) groups is 1. The zero-order valence-corrected chi connectivity index (χ0v) is 16.4. The average Bonchev–Trinajstić information content (AvgIpc) is 3.37. The number of carbonyl (C=O) groups excluding carboxylic acids is 1. The number of rotatable bonds is 6. The van der Waals surface area contributed by atoms with E-state index >= 15 is 0 Å². The fourth-order valence-electron chi connectivity index (χ4n) is 3.01. The van der Waals surface area contributed by atoms with Gasteiger partial charge in [0.2, 0.25) is 5.95 Å². The first-order valence-electron chi connectivity index (χ1n) is 9.45. The SMILES string of the molecule is CCCc1cc(=O)[nH]c(-n2nc(-c3ccco3)cc2NC(=O)c2ccc(F)cc2F)n1. The molecule has 0 unspecified atom stereocenters. The van der Waals surface area contributed by atoms with Gasteiger partial charge in [-0.1, -0.05) is 13.3 Å². The molecular weight excluding hydrogens is 408 g/mol. The highest BCUT2D eigenvalue weighted by Gasteiger charge is 2.19. The Balaban J connectivity index is 1.78. The van der Waals surface area contributed by atoms with Crippen molar-refractivity contribution in [3.05, 3.63) is 82.0 Å². The summed E-state index contributed by atoms with van der Waals surface area (Å²) in [5.41, 5.74) is 0.168. The number of hydrogen-bond acceptors (Lipinski definition) is 5. The molecule has 3 heterocycles. The second-order valence-electron chi connectivity index (χ2n) is 6.69. The lowest BCUT2D eigenvalue weighted by Crippen LogP contribution is -2.20. The number of H-pyrrole nitrogens is 1. The second-order valence-corrected chi connectivity index (χ2v) is 6.69. The van der Waals surface area contributed by atoms with E-state index in [1.54, 1.807) is 12.1 Å². The minimum Gasteiger partial charge on any atom is -0.463 e. The third-order valence-electron chi connectivity index (χ3n) is 4.39. The van der Waals surface area contributed by atoms with Gasteiger partial charge in [-0.15, -0.1) is 0 Å². The maximum absolute atomic E-state index is 14.0. The quantitative estimate of drug-likeness (QED) is 0.490. The van der Waals surface area contributed by atoms with Crippen LogP contribution in [0.15, 0.2) is 57.9 Å². The van der Waals surface area contributed by atoms with E-state index in [1.807, 2.05) is 6.92 Å². The van der Waals surface area contributed by atoms with Crippen LogP contribution >= 0.6 is 0 Å². The van der Waals surface area contributed by atoms with Crippen molar-refractivity contribution in [1.29, 1.82) is 0 Å². The van der Waals surface area contributed by atoms with Crippen LogP contribution in [0.25, 0.3) is 17.4 Å². The molecule has 4 aromatic rings. The first-order valence-corrected chi connectivity index (χ1v) is 9.45. The van der Waals surface area contributed by atoms with Gasteiger partial charge in [0, 0.05) is 23.9 Å². The van der Waals surface area contributed by atoms with Crippen LogP contribution in [0, 0.1) is 11.6 Å². The van der Waals surface area contributed by atoms with Crippen molar-refractivity contribution in [2.24, 2.45) is 0 Å². The number of aryl methyl sites for hydroxylation is 1. The summed E-state index contributed by atoms with van der Waals surface area (Å²) >= 11 is 0. The van der Waals surface area contributed by atoms with E-state index < -0.39 is 17.5 Å². The summed E-state index contributed by atoms with van der Waals surface area (Å²) in [4.78, 5) is 31.7. The summed E-state index contributed by atoms with van der Waals surface area (Å²) < 4.78 is 33.8. The Morgan fingerprint density at radius 1 is 1.23 bits per heavy atom. The summed E-state index contributed by atoms with van der Waals surface area (Å²) in [6.45, 7) is 1.95. The summed E-state index contributed by atoms with van der Waals surface area (Å²) in [7, 11) is 0. The van der Waals surface area contributed by atoms with Crippen molar-refractivity contribution in [2.75, 3.05) is 5.32 Å². The van der Waals surface area contributed by atoms with Crippen LogP contribution in [0.5, 0.6) is 0 Å². The van der Waals surface area contributed by atoms with E-state index in [1.165, 1.54) is 23.1 Å². The lowest BCUT2D eigenvalue weighted by atomic mass is 10.2. The summed E-state index contributed by atoms with van der Waals surface area (Å²) in [5.74, 6) is -2.04. The fourth-order valence-corrected chi connectivity index (χ4v) is 3.01. The Labute approximate surface area is 174 Å². The molecule has 0 spiro atoms. The van der Waals surface area contributed by atoms with E-state index in [2.05, 4.69) is 20.4 Å². The van der Waals surface area contributed by atoms with Gasteiger partial charge < -0.3 is 9.73 Å². The Morgan fingerprint density at radius 2 is 2.06 bits per heavy atom. The first-order chi connectivity index (χ1) is 14.9. The van der Waals surface area contributed by atoms with Crippen molar-refractivity contribution in [3.63, 3.8) is 0 Å². The van der Waals surface area contributed by atoms with Crippen LogP contribution in [0.2, 0.25) is 0 Å². The topological polar surface area (TPSA) is 106 Å². The molecule has 0 saturated carbocycles. The van der Waals surface area contributed by atoms with Gasteiger partial charge in [0.15, 0.2) is 5.76 Å². The fraction of sp³-hybridized carbons (Fsp3) is 0.143. The lowest BCUT2D eigenvalue weighted by Gasteiger charge is -2.09. The minimum atomic E-state index is -1.01. The van der Waals surface area contributed by atoms with E-state index in [-0.39, 0.29) is 22.9 Å². The Morgan fingerprint density at radius 3 is 2.77 bits per heavy atom. The average molecular weight is 425 g/mol. The van der Waals surface area contributed by atoms with Crippen molar-refractivity contribution >= 4 is 11.7 Å². The minimum absolute atomic E-state index is 0.0728. The standard InChI is InChI=1S/C21H17F2N5O3/c1-2-4-13-10-19(29)26-21(24-13)28-18(11-16(27-28)17-5-3-8-31-17)25-20(30)14-7-6-12(22)9-15(14)23/h3,5-11H,2,4H2,1H3,(H,25,30)(H,24,26,29). The van der Waals surface area contributed by atoms with Crippen LogP contribution in [0.1, 0.15) is 29.4 Å². The summed E-state index contributed by atoms with van der Waals surface area (Å²) in [6.07, 6.45) is 2.81. The molecule has 4 rings (SSSR count). The number of hydrogen-bond donors (Lipinski definition) is 2. The third kappa shape index (κ3) is 4.27. The van der Waals surface area contributed by atoms with Gasteiger partial charge in [0.1, 0.15) is 23.1 Å². The van der Waals surface area contributed by atoms with Crippen LogP contribution in [-0.4, -0.2) is 25.7 Å². The third-order valence-corrected chi connectivity index (χ3v) is 4.39. The van der Waals surface area contributed by atoms with Crippen LogP contribution in [0.3, 0.4) is 0 Å². The molecule has 8 nitrogen and oxygen atoms in total. The zero-order chi connectivity index (χ0) is 22.0. The smallest absolute Gasteiger partial charge is 0.259 e. The molecule has 31 heavy (non-hydrogen) atoms. The monoisotopic (exact) mass is 425 g/mol. The molecular formula is C21H17F2N5O3. The van der Waals surface area contributed by atoms with Gasteiger partial charge in [0.25, 0.3) is 11.5 Å². The molecule has 0 saturated heterocycles. The Hall–Kier alpha value is -4.08. The predicted octanol–water partition coefficient (Wildman–Crippen LogP) is 3.70. The van der Waals surface area contributed by atoms with Gasteiger partial charge >= 0.3 is 0 Å². The molecule has 0 aliphatic carbocycles. The van der Waals surface area contributed by atoms with Crippen LogP contribution in [0.4, 0.5) is 14.6 Å². The van der Waals surface area contributed by atoms with E-state index in [4.69, 9.17) is 4.42 Å². The Kier molecular flexibility index (Phi) is 5.44. The molecule has 0 aliphatic rings. The molecule has 10 heteroatoms. The van der Waals surface area contributed by atoms with Gasteiger partial charge in [-0.25, -0.2) is 13.8 Å². The molecule has 0 radical (unpaired) electrons. The number of anilines is 1.